The molecule has 124 valence electrons. The number of hydrogen-bond donors (Lipinski definition) is 1. The highest BCUT2D eigenvalue weighted by Crippen LogP contribution is 2.20. The Morgan fingerprint density at radius 1 is 1.12 bits per heavy atom. The zero-order chi connectivity index (χ0) is 17.4. The zero-order valence-electron chi connectivity index (χ0n) is 12.6. The Kier molecular flexibility index (Phi) is 3.46. The van der Waals surface area contributed by atoms with Gasteiger partial charge < -0.3 is 5.32 Å². The lowest BCUT2D eigenvalue weighted by Crippen LogP contribution is -2.15. The number of anilines is 1. The molecule has 1 aromatic carbocycles. The molecule has 0 aliphatic heterocycles. The molecule has 0 fully saturated rings. The van der Waals surface area contributed by atoms with Gasteiger partial charge in [0.2, 0.25) is 0 Å². The van der Waals surface area contributed by atoms with Crippen molar-refractivity contribution in [2.45, 2.75) is 0 Å². The summed E-state index contributed by atoms with van der Waals surface area (Å²) in [6, 6.07) is 6.29. The molecule has 0 radical (unpaired) electrons. The molecule has 25 heavy (non-hydrogen) atoms. The first-order chi connectivity index (χ1) is 12.1. The number of amides is 1. The van der Waals surface area contributed by atoms with Crippen LogP contribution in [0.5, 0.6) is 0 Å². The van der Waals surface area contributed by atoms with E-state index in [2.05, 4.69) is 20.5 Å². The van der Waals surface area contributed by atoms with Gasteiger partial charge in [-0.3, -0.25) is 4.79 Å². The number of aromatic nitrogens is 5. The second-order valence-corrected chi connectivity index (χ2v) is 5.12. The third-order valence-corrected chi connectivity index (χ3v) is 3.55. The molecule has 9 heteroatoms. The number of halogens is 2. The molecular formula is C16H10F2N6O. The van der Waals surface area contributed by atoms with Gasteiger partial charge in [0.05, 0.1) is 12.4 Å². The number of nitrogens with one attached hydrogen (secondary N) is 1. The van der Waals surface area contributed by atoms with Crippen LogP contribution in [0.15, 0.2) is 55.1 Å². The zero-order valence-corrected chi connectivity index (χ0v) is 12.6. The van der Waals surface area contributed by atoms with Crippen molar-refractivity contribution in [1.29, 1.82) is 0 Å². The third-order valence-electron chi connectivity index (χ3n) is 3.55. The number of carbonyl (C=O) groups excluding carboxylic acids is 1. The average molecular weight is 340 g/mol. The van der Waals surface area contributed by atoms with E-state index in [-0.39, 0.29) is 17.1 Å². The van der Waals surface area contributed by atoms with E-state index in [0.717, 1.165) is 12.1 Å². The fraction of sp³-hybridized carbons (Fsp3) is 0. The predicted molar refractivity (Wildman–Crippen MR) is 84.4 cm³/mol. The van der Waals surface area contributed by atoms with E-state index in [0.29, 0.717) is 5.65 Å². The van der Waals surface area contributed by atoms with Crippen LogP contribution < -0.4 is 5.32 Å². The summed E-state index contributed by atoms with van der Waals surface area (Å²) in [5, 5.41) is 10.7. The van der Waals surface area contributed by atoms with Gasteiger partial charge in [-0.2, -0.15) is 10.2 Å². The molecule has 1 N–H and O–H groups in total. The van der Waals surface area contributed by atoms with Crippen LogP contribution >= 0.6 is 0 Å². The minimum Gasteiger partial charge on any atom is -0.306 e. The van der Waals surface area contributed by atoms with Crippen molar-refractivity contribution < 1.29 is 13.6 Å². The maximum atomic E-state index is 14.0. The first kappa shape index (κ1) is 14.9. The van der Waals surface area contributed by atoms with E-state index in [1.807, 2.05) is 0 Å². The van der Waals surface area contributed by atoms with Crippen molar-refractivity contribution in [3.8, 4) is 5.69 Å². The summed E-state index contributed by atoms with van der Waals surface area (Å²) in [6.45, 7) is 0. The molecule has 4 rings (SSSR count). The van der Waals surface area contributed by atoms with Crippen LogP contribution in [0.4, 0.5) is 14.6 Å². The highest BCUT2D eigenvalue weighted by atomic mass is 19.1. The lowest BCUT2D eigenvalue weighted by atomic mass is 10.3. The summed E-state index contributed by atoms with van der Waals surface area (Å²) < 4.78 is 29.7. The highest BCUT2D eigenvalue weighted by Gasteiger charge is 2.17. The van der Waals surface area contributed by atoms with Crippen LogP contribution in [0.25, 0.3) is 11.3 Å². The Balaban J connectivity index is 1.68. The van der Waals surface area contributed by atoms with Crippen molar-refractivity contribution in [3.63, 3.8) is 0 Å². The van der Waals surface area contributed by atoms with E-state index in [1.54, 1.807) is 18.5 Å². The maximum absolute atomic E-state index is 14.0. The Morgan fingerprint density at radius 3 is 2.84 bits per heavy atom. The van der Waals surface area contributed by atoms with E-state index >= 15 is 0 Å². The largest absolute Gasteiger partial charge is 0.306 e. The predicted octanol–water partition coefficient (Wildman–Crippen LogP) is 2.45. The number of rotatable bonds is 3. The lowest BCUT2D eigenvalue weighted by molar-refractivity contribution is 0.102. The first-order valence-electron chi connectivity index (χ1n) is 7.22. The van der Waals surface area contributed by atoms with Gasteiger partial charge in [-0.15, -0.1) is 0 Å². The molecule has 3 heterocycles. The summed E-state index contributed by atoms with van der Waals surface area (Å²) >= 11 is 0. The van der Waals surface area contributed by atoms with E-state index in [1.165, 1.54) is 33.7 Å². The summed E-state index contributed by atoms with van der Waals surface area (Å²) in [6.07, 6.45) is 5.99. The number of hydrogen-bond acceptors (Lipinski definition) is 4. The van der Waals surface area contributed by atoms with Gasteiger partial charge in [0.15, 0.2) is 11.5 Å². The molecule has 1 amide bonds. The summed E-state index contributed by atoms with van der Waals surface area (Å²) in [5.74, 6) is -1.74. The van der Waals surface area contributed by atoms with Gasteiger partial charge in [-0.1, -0.05) is 0 Å². The monoisotopic (exact) mass is 340 g/mol. The van der Waals surface area contributed by atoms with E-state index in [4.69, 9.17) is 0 Å². The topological polar surface area (TPSA) is 77.1 Å². The molecule has 0 saturated carbocycles. The van der Waals surface area contributed by atoms with Crippen LogP contribution in [0.2, 0.25) is 0 Å². The van der Waals surface area contributed by atoms with Gasteiger partial charge in [-0.05, 0) is 18.2 Å². The van der Waals surface area contributed by atoms with Crippen LogP contribution in [0, 0.1) is 11.6 Å². The fourth-order valence-corrected chi connectivity index (χ4v) is 2.41. The number of benzene rings is 1. The van der Waals surface area contributed by atoms with Crippen molar-refractivity contribution in [2.75, 3.05) is 5.32 Å². The summed E-state index contributed by atoms with van der Waals surface area (Å²) in [5.41, 5.74) is 0.659. The van der Waals surface area contributed by atoms with Gasteiger partial charge in [-0.25, -0.2) is 23.0 Å². The minimum absolute atomic E-state index is 0.0136. The van der Waals surface area contributed by atoms with Crippen molar-refractivity contribution in [1.82, 2.24) is 24.4 Å². The van der Waals surface area contributed by atoms with Crippen molar-refractivity contribution in [2.24, 2.45) is 0 Å². The molecule has 0 aliphatic carbocycles. The molecule has 0 aliphatic rings. The second-order valence-electron chi connectivity index (χ2n) is 5.12. The summed E-state index contributed by atoms with van der Waals surface area (Å²) in [7, 11) is 0. The quantitative estimate of drug-likeness (QED) is 0.621. The molecule has 4 aromatic rings. The molecule has 7 nitrogen and oxygen atoms in total. The molecule has 0 spiro atoms. The fourth-order valence-electron chi connectivity index (χ4n) is 2.41. The van der Waals surface area contributed by atoms with Crippen LogP contribution in [0.1, 0.15) is 10.4 Å². The minimum atomic E-state index is -0.795. The number of nitrogens with zero attached hydrogens (tertiary/aromatic N) is 5. The van der Waals surface area contributed by atoms with Crippen molar-refractivity contribution >= 4 is 17.4 Å². The lowest BCUT2D eigenvalue weighted by Gasteiger charge is -2.09. The SMILES string of the molecule is O=C(Nc1ccnn1-c1ccc(F)cc1F)c1cnn2cccnc12. The Labute approximate surface area is 139 Å². The Morgan fingerprint density at radius 2 is 2.00 bits per heavy atom. The Bertz CT molecular complexity index is 1090. The van der Waals surface area contributed by atoms with Crippen molar-refractivity contribution in [3.05, 3.63) is 72.3 Å². The van der Waals surface area contributed by atoms with Crippen LogP contribution in [0.3, 0.4) is 0 Å². The first-order valence-corrected chi connectivity index (χ1v) is 7.22. The van der Waals surface area contributed by atoms with E-state index in [9.17, 15) is 13.6 Å². The normalized spacial score (nSPS) is 11.0. The van der Waals surface area contributed by atoms with Crippen LogP contribution in [-0.2, 0) is 0 Å². The third kappa shape index (κ3) is 2.61. The molecule has 3 aromatic heterocycles. The molecule has 0 atom stereocenters. The summed E-state index contributed by atoms with van der Waals surface area (Å²) in [4.78, 5) is 16.6. The van der Waals surface area contributed by atoms with Gasteiger partial charge >= 0.3 is 0 Å². The van der Waals surface area contributed by atoms with Gasteiger partial charge in [0, 0.05) is 24.5 Å². The van der Waals surface area contributed by atoms with Gasteiger partial charge in [0.25, 0.3) is 5.91 Å². The average Bonchev–Trinajstić information content (AvgIpc) is 3.21. The smallest absolute Gasteiger partial charge is 0.262 e. The standard InChI is InChI=1S/C16H10F2N6O/c17-10-2-3-13(12(18)8-10)24-14(4-6-20-24)22-16(25)11-9-21-23-7-1-5-19-15(11)23/h1-9H,(H,22,25). The molecule has 0 saturated heterocycles. The molecule has 0 unspecified atom stereocenters. The maximum Gasteiger partial charge on any atom is 0.262 e. The van der Waals surface area contributed by atoms with E-state index < -0.39 is 17.5 Å². The Hall–Kier alpha value is -3.62. The number of fused-ring (bicyclic) bond motifs is 1. The van der Waals surface area contributed by atoms with Gasteiger partial charge in [0.1, 0.15) is 22.9 Å². The van der Waals surface area contributed by atoms with Crippen LogP contribution in [-0.4, -0.2) is 30.3 Å². The molecule has 0 bridgehead atoms. The second kappa shape index (κ2) is 5.78. The molecular weight excluding hydrogens is 330 g/mol. The number of carbonyl (C=O) groups is 1. The highest BCUT2D eigenvalue weighted by molar-refractivity contribution is 6.07.